The average molecular weight is 291 g/mol. The molecule has 84 valence electrons. The minimum absolute atomic E-state index is 0.732. The van der Waals surface area contributed by atoms with Gasteiger partial charge in [0.1, 0.15) is 0 Å². The number of nitrogens with one attached hydrogen (secondary N) is 1. The molecule has 1 N–H and O–H groups in total. The molecule has 0 radical (unpaired) electrons. The van der Waals surface area contributed by atoms with Gasteiger partial charge in [0, 0.05) is 16.0 Å². The summed E-state index contributed by atoms with van der Waals surface area (Å²) in [5, 5.41) is 4.21. The Morgan fingerprint density at radius 2 is 2.20 bits per heavy atom. The molecule has 0 bridgehead atoms. The first-order valence-electron chi connectivity index (χ1n) is 5.28. The van der Waals surface area contributed by atoms with Gasteiger partial charge in [0.15, 0.2) is 0 Å². The van der Waals surface area contributed by atoms with Crippen LogP contribution in [0, 0.1) is 5.92 Å². The topological polar surface area (TPSA) is 12.0 Å². The highest BCUT2D eigenvalue weighted by Crippen LogP contribution is 2.21. The Morgan fingerprint density at radius 1 is 1.47 bits per heavy atom. The molecule has 0 aliphatic rings. The van der Waals surface area contributed by atoms with E-state index < -0.39 is 0 Å². The van der Waals surface area contributed by atoms with Crippen molar-refractivity contribution in [3.63, 3.8) is 0 Å². The maximum atomic E-state index is 5.87. The van der Waals surface area contributed by atoms with Gasteiger partial charge in [-0.3, -0.25) is 0 Å². The summed E-state index contributed by atoms with van der Waals surface area (Å²) in [7, 11) is 0. The van der Waals surface area contributed by atoms with Gasteiger partial charge in [-0.25, -0.2) is 0 Å². The van der Waals surface area contributed by atoms with Gasteiger partial charge in [0.25, 0.3) is 0 Å². The number of hydrogen-bond donors (Lipinski definition) is 1. The summed E-state index contributed by atoms with van der Waals surface area (Å²) >= 11 is 9.38. The molecule has 0 fully saturated rings. The van der Waals surface area contributed by atoms with E-state index in [2.05, 4.69) is 41.2 Å². The van der Waals surface area contributed by atoms with E-state index >= 15 is 0 Å². The highest BCUT2D eigenvalue weighted by atomic mass is 79.9. The predicted molar refractivity (Wildman–Crippen MR) is 70.3 cm³/mol. The van der Waals surface area contributed by atoms with E-state index in [4.69, 9.17) is 11.6 Å². The Labute approximate surface area is 105 Å². The van der Waals surface area contributed by atoms with Crippen molar-refractivity contribution in [2.75, 3.05) is 6.54 Å². The van der Waals surface area contributed by atoms with E-state index in [9.17, 15) is 0 Å². The number of rotatable bonds is 5. The highest BCUT2D eigenvalue weighted by Gasteiger charge is 2.02. The third-order valence-electron chi connectivity index (χ3n) is 2.52. The predicted octanol–water partition coefficient (Wildman–Crippen LogP) is 4.24. The van der Waals surface area contributed by atoms with Gasteiger partial charge >= 0.3 is 0 Å². The second-order valence-corrected chi connectivity index (χ2v) is 5.17. The Morgan fingerprint density at radius 3 is 2.80 bits per heavy atom. The number of hydrogen-bond acceptors (Lipinski definition) is 1. The zero-order valence-electron chi connectivity index (χ0n) is 9.19. The lowest BCUT2D eigenvalue weighted by molar-refractivity contribution is 0.499. The van der Waals surface area contributed by atoms with Crippen LogP contribution in [0.15, 0.2) is 22.7 Å². The van der Waals surface area contributed by atoms with Crippen molar-refractivity contribution < 1.29 is 0 Å². The summed E-state index contributed by atoms with van der Waals surface area (Å²) in [6, 6.07) is 5.91. The zero-order chi connectivity index (χ0) is 11.3. The molecule has 1 nitrogen and oxygen atoms in total. The Bertz CT molecular complexity index is 314. The molecule has 3 heteroatoms. The first kappa shape index (κ1) is 13.0. The maximum Gasteiger partial charge on any atom is 0.0417 e. The lowest BCUT2D eigenvalue weighted by atomic mass is 10.1. The largest absolute Gasteiger partial charge is 0.312 e. The monoisotopic (exact) mass is 289 g/mol. The fourth-order valence-electron chi connectivity index (χ4n) is 1.26. The first-order chi connectivity index (χ1) is 7.13. The fraction of sp³-hybridized carbons (Fsp3) is 0.500. The zero-order valence-corrected chi connectivity index (χ0v) is 11.5. The van der Waals surface area contributed by atoms with E-state index in [1.165, 1.54) is 12.0 Å². The molecule has 0 saturated heterocycles. The van der Waals surface area contributed by atoms with Crippen molar-refractivity contribution in [1.29, 1.82) is 0 Å². The first-order valence-corrected chi connectivity index (χ1v) is 6.45. The van der Waals surface area contributed by atoms with E-state index in [1.54, 1.807) is 0 Å². The van der Waals surface area contributed by atoms with Gasteiger partial charge in [-0.05, 0) is 30.2 Å². The lowest BCUT2D eigenvalue weighted by Gasteiger charge is -2.11. The van der Waals surface area contributed by atoms with Crippen LogP contribution in [0.2, 0.25) is 5.02 Å². The molecular formula is C12H17BrClN. The van der Waals surface area contributed by atoms with Crippen LogP contribution < -0.4 is 5.32 Å². The Balaban J connectivity index is 2.44. The Hall–Kier alpha value is -0.0500. The van der Waals surface area contributed by atoms with Gasteiger partial charge < -0.3 is 5.32 Å². The normalized spacial score (nSPS) is 12.8. The quantitative estimate of drug-likeness (QED) is 0.855. The molecule has 0 aliphatic heterocycles. The lowest BCUT2D eigenvalue weighted by Crippen LogP contribution is -2.20. The number of benzene rings is 1. The third-order valence-corrected chi connectivity index (χ3v) is 3.49. The SMILES string of the molecule is CCC(C)CNCc1ccc(Cl)cc1Br. The minimum Gasteiger partial charge on any atom is -0.312 e. The van der Waals surface area contributed by atoms with Gasteiger partial charge in [0.05, 0.1) is 0 Å². The molecule has 0 saturated carbocycles. The molecule has 0 amide bonds. The Kier molecular flexibility index (Phi) is 5.65. The third kappa shape index (κ3) is 4.54. The van der Waals surface area contributed by atoms with E-state index in [0.717, 1.165) is 28.5 Å². The summed E-state index contributed by atoms with van der Waals surface area (Å²) in [5.41, 5.74) is 1.25. The van der Waals surface area contributed by atoms with Gasteiger partial charge in [-0.15, -0.1) is 0 Å². The molecule has 0 aromatic heterocycles. The van der Waals surface area contributed by atoms with Gasteiger partial charge in [0.2, 0.25) is 0 Å². The van der Waals surface area contributed by atoms with Crippen LogP contribution in [0.1, 0.15) is 25.8 Å². The summed E-state index contributed by atoms with van der Waals surface area (Å²) in [6.45, 7) is 6.42. The molecule has 1 aromatic rings. The fourth-order valence-corrected chi connectivity index (χ4v) is 2.09. The van der Waals surface area contributed by atoms with E-state index in [1.807, 2.05) is 12.1 Å². The van der Waals surface area contributed by atoms with Crippen LogP contribution in [0.4, 0.5) is 0 Å². The van der Waals surface area contributed by atoms with Gasteiger partial charge in [-0.1, -0.05) is 53.9 Å². The van der Waals surface area contributed by atoms with Gasteiger partial charge in [-0.2, -0.15) is 0 Å². The second kappa shape index (κ2) is 6.51. The van der Waals surface area contributed by atoms with Crippen LogP contribution in [0.3, 0.4) is 0 Å². The molecule has 0 heterocycles. The average Bonchev–Trinajstić information content (AvgIpc) is 2.21. The molecular weight excluding hydrogens is 273 g/mol. The van der Waals surface area contributed by atoms with Crippen molar-refractivity contribution in [3.8, 4) is 0 Å². The highest BCUT2D eigenvalue weighted by molar-refractivity contribution is 9.10. The molecule has 0 spiro atoms. The number of halogens is 2. The standard InChI is InChI=1S/C12H17BrClN/c1-3-9(2)7-15-8-10-4-5-11(14)6-12(10)13/h4-6,9,15H,3,7-8H2,1-2H3. The van der Waals surface area contributed by atoms with Crippen LogP contribution >= 0.6 is 27.5 Å². The molecule has 1 rings (SSSR count). The van der Waals surface area contributed by atoms with Crippen LogP contribution in [-0.4, -0.2) is 6.54 Å². The summed E-state index contributed by atoms with van der Waals surface area (Å²) in [4.78, 5) is 0. The molecule has 1 atom stereocenters. The summed E-state index contributed by atoms with van der Waals surface area (Å²) < 4.78 is 1.08. The van der Waals surface area contributed by atoms with Crippen LogP contribution in [0.25, 0.3) is 0 Å². The molecule has 15 heavy (non-hydrogen) atoms. The molecule has 1 aromatic carbocycles. The van der Waals surface area contributed by atoms with Crippen molar-refractivity contribution >= 4 is 27.5 Å². The summed E-state index contributed by atoms with van der Waals surface area (Å²) in [5.74, 6) is 0.732. The van der Waals surface area contributed by atoms with Crippen molar-refractivity contribution in [1.82, 2.24) is 5.32 Å². The second-order valence-electron chi connectivity index (χ2n) is 3.88. The van der Waals surface area contributed by atoms with Crippen molar-refractivity contribution in [2.24, 2.45) is 5.92 Å². The van der Waals surface area contributed by atoms with E-state index in [-0.39, 0.29) is 0 Å². The maximum absolute atomic E-state index is 5.87. The summed E-state index contributed by atoms with van der Waals surface area (Å²) in [6.07, 6.45) is 1.22. The van der Waals surface area contributed by atoms with Crippen molar-refractivity contribution in [2.45, 2.75) is 26.8 Å². The molecule has 0 aliphatic carbocycles. The smallest absolute Gasteiger partial charge is 0.0417 e. The minimum atomic E-state index is 0.732. The van der Waals surface area contributed by atoms with Crippen molar-refractivity contribution in [3.05, 3.63) is 33.3 Å². The molecule has 1 unspecified atom stereocenters. The van der Waals surface area contributed by atoms with Crippen LogP contribution in [-0.2, 0) is 6.54 Å². The van der Waals surface area contributed by atoms with E-state index in [0.29, 0.717) is 0 Å². The van der Waals surface area contributed by atoms with Crippen LogP contribution in [0.5, 0.6) is 0 Å².